The molecule has 0 aliphatic carbocycles. The highest BCUT2D eigenvalue weighted by atomic mass is 16.5. The number of carbonyl (C=O) groups excluding carboxylic acids is 1. The second kappa shape index (κ2) is 5.63. The Morgan fingerprint density at radius 2 is 2.38 bits per heavy atom. The van der Waals surface area contributed by atoms with E-state index in [1.807, 2.05) is 30.3 Å². The Labute approximate surface area is 121 Å². The Bertz CT molecular complexity index is 703. The van der Waals surface area contributed by atoms with Gasteiger partial charge in [0.1, 0.15) is 24.7 Å². The van der Waals surface area contributed by atoms with Crippen LogP contribution < -0.4 is 10.1 Å². The van der Waals surface area contributed by atoms with Gasteiger partial charge in [-0.1, -0.05) is 18.2 Å². The van der Waals surface area contributed by atoms with E-state index >= 15 is 0 Å². The van der Waals surface area contributed by atoms with Gasteiger partial charge in [-0.25, -0.2) is 9.67 Å². The number of ether oxygens (including phenoxy) is 1. The Kier molecular flexibility index (Phi) is 3.51. The van der Waals surface area contributed by atoms with Gasteiger partial charge in [0.15, 0.2) is 0 Å². The molecule has 7 nitrogen and oxygen atoms in total. The molecule has 1 aliphatic rings. The summed E-state index contributed by atoms with van der Waals surface area (Å²) in [6.45, 7) is 0.609. The van der Waals surface area contributed by atoms with Crippen molar-refractivity contribution in [1.29, 1.82) is 5.26 Å². The van der Waals surface area contributed by atoms with Crippen LogP contribution in [-0.2, 0) is 11.3 Å². The highest BCUT2D eigenvalue weighted by Gasteiger charge is 2.22. The summed E-state index contributed by atoms with van der Waals surface area (Å²) in [6.07, 6.45) is 2.10. The molecular weight excluding hydrogens is 270 g/mol. The number of rotatable bonds is 3. The van der Waals surface area contributed by atoms with Gasteiger partial charge in [0.05, 0.1) is 12.6 Å². The summed E-state index contributed by atoms with van der Waals surface area (Å²) in [7, 11) is 0. The van der Waals surface area contributed by atoms with Gasteiger partial charge in [-0.15, -0.1) is 5.10 Å². The van der Waals surface area contributed by atoms with Gasteiger partial charge in [0, 0.05) is 12.0 Å². The first kappa shape index (κ1) is 13.1. The maximum Gasteiger partial charge on any atom is 0.252 e. The van der Waals surface area contributed by atoms with Crippen molar-refractivity contribution in [1.82, 2.24) is 20.1 Å². The normalized spacial score (nSPS) is 16.4. The number of para-hydroxylation sites is 1. The predicted octanol–water partition coefficient (Wildman–Crippen LogP) is 0.790. The molecule has 1 unspecified atom stereocenters. The van der Waals surface area contributed by atoms with Crippen LogP contribution in [0.1, 0.15) is 23.9 Å². The lowest BCUT2D eigenvalue weighted by Crippen LogP contribution is -2.34. The third-order valence-corrected chi connectivity index (χ3v) is 3.24. The summed E-state index contributed by atoms with van der Waals surface area (Å²) < 4.78 is 6.90. The quantitative estimate of drug-likeness (QED) is 0.899. The lowest BCUT2D eigenvalue weighted by Gasteiger charge is -2.26. The fourth-order valence-corrected chi connectivity index (χ4v) is 2.30. The minimum Gasteiger partial charge on any atom is -0.493 e. The average Bonchev–Trinajstić information content (AvgIpc) is 2.95. The van der Waals surface area contributed by atoms with Crippen LogP contribution in [0, 0.1) is 11.3 Å². The summed E-state index contributed by atoms with van der Waals surface area (Å²) >= 11 is 0. The number of carbonyl (C=O) groups is 1. The van der Waals surface area contributed by atoms with Crippen molar-refractivity contribution in [2.24, 2.45) is 0 Å². The molecule has 2 heterocycles. The van der Waals surface area contributed by atoms with Crippen molar-refractivity contribution in [2.75, 3.05) is 6.61 Å². The van der Waals surface area contributed by atoms with Crippen LogP contribution in [0.15, 0.2) is 30.6 Å². The fourth-order valence-electron chi connectivity index (χ4n) is 2.30. The molecule has 1 atom stereocenters. The van der Waals surface area contributed by atoms with E-state index in [9.17, 15) is 4.79 Å². The average molecular weight is 283 g/mol. The molecule has 1 aromatic heterocycles. The van der Waals surface area contributed by atoms with Gasteiger partial charge >= 0.3 is 0 Å². The zero-order chi connectivity index (χ0) is 14.7. The van der Waals surface area contributed by atoms with Crippen LogP contribution in [0.25, 0.3) is 0 Å². The van der Waals surface area contributed by atoms with Crippen molar-refractivity contribution >= 4 is 5.91 Å². The van der Waals surface area contributed by atoms with Gasteiger partial charge in [-0.2, -0.15) is 5.26 Å². The molecule has 3 rings (SSSR count). The third-order valence-electron chi connectivity index (χ3n) is 3.24. The molecular formula is C14H13N5O2. The number of nitriles is 1. The second-order valence-electron chi connectivity index (χ2n) is 4.67. The molecule has 1 aromatic carbocycles. The first-order valence-corrected chi connectivity index (χ1v) is 6.57. The van der Waals surface area contributed by atoms with Crippen LogP contribution in [-0.4, -0.2) is 27.3 Å². The van der Waals surface area contributed by atoms with E-state index in [1.165, 1.54) is 11.0 Å². The van der Waals surface area contributed by atoms with E-state index < -0.39 is 0 Å². The van der Waals surface area contributed by atoms with E-state index in [0.717, 1.165) is 17.7 Å². The predicted molar refractivity (Wildman–Crippen MR) is 72.2 cm³/mol. The Morgan fingerprint density at radius 3 is 3.19 bits per heavy atom. The van der Waals surface area contributed by atoms with Gasteiger partial charge in [0.2, 0.25) is 5.91 Å². The highest BCUT2D eigenvalue weighted by molar-refractivity contribution is 5.76. The molecule has 1 aliphatic heterocycles. The number of fused-ring (bicyclic) bond motifs is 1. The van der Waals surface area contributed by atoms with E-state index in [1.54, 1.807) is 0 Å². The largest absolute Gasteiger partial charge is 0.493 e. The zero-order valence-corrected chi connectivity index (χ0v) is 11.2. The van der Waals surface area contributed by atoms with E-state index in [4.69, 9.17) is 10.00 Å². The van der Waals surface area contributed by atoms with Crippen LogP contribution >= 0.6 is 0 Å². The molecule has 0 saturated carbocycles. The maximum atomic E-state index is 12.1. The second-order valence-corrected chi connectivity index (χ2v) is 4.67. The highest BCUT2D eigenvalue weighted by Crippen LogP contribution is 2.31. The lowest BCUT2D eigenvalue weighted by atomic mass is 10.0. The van der Waals surface area contributed by atoms with Crippen molar-refractivity contribution in [2.45, 2.75) is 19.0 Å². The Hall–Kier alpha value is -2.88. The minimum absolute atomic E-state index is 0.0359. The summed E-state index contributed by atoms with van der Waals surface area (Å²) in [6, 6.07) is 9.42. The number of nitrogens with one attached hydrogen (secondary N) is 1. The number of hydrogen-bond donors (Lipinski definition) is 1. The van der Waals surface area contributed by atoms with Gasteiger partial charge in [-0.3, -0.25) is 4.79 Å². The molecule has 1 amide bonds. The Morgan fingerprint density at radius 1 is 1.52 bits per heavy atom. The molecule has 0 bridgehead atoms. The number of amides is 1. The SMILES string of the molecule is N#Cc1ncn(CC(=O)NC2CCOc3ccccc32)n1. The van der Waals surface area contributed by atoms with Crippen molar-refractivity contribution < 1.29 is 9.53 Å². The maximum absolute atomic E-state index is 12.1. The van der Waals surface area contributed by atoms with Gasteiger partial charge in [0.25, 0.3) is 5.82 Å². The van der Waals surface area contributed by atoms with Crippen LogP contribution in [0.5, 0.6) is 5.75 Å². The number of hydrogen-bond acceptors (Lipinski definition) is 5. The first-order valence-electron chi connectivity index (χ1n) is 6.57. The minimum atomic E-state index is -0.175. The number of nitrogens with zero attached hydrogens (tertiary/aromatic N) is 4. The Balaban J connectivity index is 1.67. The van der Waals surface area contributed by atoms with E-state index in [2.05, 4.69) is 15.4 Å². The summed E-state index contributed by atoms with van der Waals surface area (Å²) in [5, 5.41) is 15.5. The smallest absolute Gasteiger partial charge is 0.252 e. The third kappa shape index (κ3) is 2.84. The molecule has 0 spiro atoms. The monoisotopic (exact) mass is 283 g/mol. The fraction of sp³-hybridized carbons (Fsp3) is 0.286. The molecule has 7 heteroatoms. The summed E-state index contributed by atoms with van der Waals surface area (Å²) in [4.78, 5) is 15.8. The molecule has 21 heavy (non-hydrogen) atoms. The van der Waals surface area contributed by atoms with Gasteiger partial charge in [-0.05, 0) is 6.07 Å². The molecule has 0 radical (unpaired) electrons. The van der Waals surface area contributed by atoms with E-state index in [-0.39, 0.29) is 24.3 Å². The molecule has 0 saturated heterocycles. The van der Waals surface area contributed by atoms with Crippen molar-refractivity contribution in [3.8, 4) is 11.8 Å². The van der Waals surface area contributed by atoms with Crippen LogP contribution in [0.3, 0.4) is 0 Å². The topological polar surface area (TPSA) is 92.8 Å². The zero-order valence-electron chi connectivity index (χ0n) is 11.2. The molecule has 106 valence electrons. The summed E-state index contributed by atoms with van der Waals surface area (Å²) in [5.41, 5.74) is 0.980. The van der Waals surface area contributed by atoms with Gasteiger partial charge < -0.3 is 10.1 Å². The lowest BCUT2D eigenvalue weighted by molar-refractivity contribution is -0.122. The molecule has 2 aromatic rings. The number of aromatic nitrogens is 3. The van der Waals surface area contributed by atoms with Crippen molar-refractivity contribution in [3.05, 3.63) is 42.0 Å². The van der Waals surface area contributed by atoms with Crippen LogP contribution in [0.2, 0.25) is 0 Å². The van der Waals surface area contributed by atoms with Crippen molar-refractivity contribution in [3.63, 3.8) is 0 Å². The molecule has 0 fully saturated rings. The standard InChI is InChI=1S/C14H13N5O2/c15-7-13-16-9-19(18-13)8-14(20)17-11-5-6-21-12-4-2-1-3-10(11)12/h1-4,9,11H,5-6,8H2,(H,17,20). The summed E-state index contributed by atoms with van der Waals surface area (Å²) in [5.74, 6) is 0.687. The number of benzene rings is 1. The molecule has 1 N–H and O–H groups in total. The van der Waals surface area contributed by atoms with E-state index in [0.29, 0.717) is 6.61 Å². The van der Waals surface area contributed by atoms with Crippen LogP contribution in [0.4, 0.5) is 0 Å². The first-order chi connectivity index (χ1) is 10.3.